The minimum atomic E-state index is 0.0570. The summed E-state index contributed by atoms with van der Waals surface area (Å²) in [5.41, 5.74) is 2.74. The van der Waals surface area contributed by atoms with Crippen molar-refractivity contribution in [2.45, 2.75) is 19.4 Å². The molecular formula is C9H18N4O. The third kappa shape index (κ3) is 2.80. The summed E-state index contributed by atoms with van der Waals surface area (Å²) in [6, 6.07) is 0.0570. The highest BCUT2D eigenvalue weighted by Crippen LogP contribution is 2.12. The molecule has 1 heterocycles. The Labute approximate surface area is 84.2 Å². The number of hydrogen-bond acceptors (Lipinski definition) is 4. The Morgan fingerprint density at radius 3 is 3.00 bits per heavy atom. The number of hydrazine groups is 1. The van der Waals surface area contributed by atoms with Crippen LogP contribution in [0.15, 0.2) is 12.4 Å². The normalized spacial score (nSPS) is 13.1. The zero-order valence-electron chi connectivity index (χ0n) is 8.73. The van der Waals surface area contributed by atoms with Gasteiger partial charge in [-0.2, -0.15) is 0 Å². The van der Waals surface area contributed by atoms with Gasteiger partial charge in [0.2, 0.25) is 0 Å². The summed E-state index contributed by atoms with van der Waals surface area (Å²) < 4.78 is 7.23. The number of imidazole rings is 1. The van der Waals surface area contributed by atoms with Gasteiger partial charge in [-0.05, 0) is 13.3 Å². The van der Waals surface area contributed by atoms with E-state index in [1.165, 1.54) is 0 Å². The molecule has 0 fully saturated rings. The molecular weight excluding hydrogens is 180 g/mol. The number of hydrogen-bond donors (Lipinski definition) is 2. The van der Waals surface area contributed by atoms with Crippen molar-refractivity contribution in [1.29, 1.82) is 0 Å². The van der Waals surface area contributed by atoms with E-state index in [-0.39, 0.29) is 6.04 Å². The fourth-order valence-corrected chi connectivity index (χ4v) is 1.35. The van der Waals surface area contributed by atoms with Gasteiger partial charge in [-0.15, -0.1) is 0 Å². The SMILES string of the molecule is CCOCCC(NN)c1nccn1C. The first-order valence-corrected chi connectivity index (χ1v) is 4.80. The highest BCUT2D eigenvalue weighted by atomic mass is 16.5. The van der Waals surface area contributed by atoms with Crippen LogP contribution >= 0.6 is 0 Å². The number of nitrogens with two attached hydrogens (primary N) is 1. The van der Waals surface area contributed by atoms with Crippen molar-refractivity contribution in [3.63, 3.8) is 0 Å². The molecule has 1 aromatic rings. The Morgan fingerprint density at radius 1 is 1.71 bits per heavy atom. The maximum atomic E-state index is 5.46. The van der Waals surface area contributed by atoms with Crippen LogP contribution in [-0.2, 0) is 11.8 Å². The largest absolute Gasteiger partial charge is 0.382 e. The van der Waals surface area contributed by atoms with Crippen LogP contribution in [0.3, 0.4) is 0 Å². The molecule has 0 aromatic carbocycles. The van der Waals surface area contributed by atoms with Crippen molar-refractivity contribution in [3.05, 3.63) is 18.2 Å². The second-order valence-electron chi connectivity index (χ2n) is 3.10. The standard InChI is InChI=1S/C9H18N4O/c1-3-14-7-4-8(12-10)9-11-5-6-13(9)2/h5-6,8,12H,3-4,7,10H2,1-2H3. The minimum absolute atomic E-state index is 0.0570. The van der Waals surface area contributed by atoms with Crippen molar-refractivity contribution in [2.24, 2.45) is 12.9 Å². The van der Waals surface area contributed by atoms with E-state index in [1.54, 1.807) is 6.20 Å². The molecule has 5 nitrogen and oxygen atoms in total. The number of aryl methyl sites for hydroxylation is 1. The van der Waals surface area contributed by atoms with Crippen LogP contribution in [0.4, 0.5) is 0 Å². The molecule has 0 aliphatic carbocycles. The first-order valence-electron chi connectivity index (χ1n) is 4.80. The summed E-state index contributed by atoms with van der Waals surface area (Å²) in [5, 5.41) is 0. The second-order valence-corrected chi connectivity index (χ2v) is 3.10. The number of ether oxygens (including phenoxy) is 1. The topological polar surface area (TPSA) is 65.1 Å². The Hall–Kier alpha value is -0.910. The molecule has 0 amide bonds. The summed E-state index contributed by atoms with van der Waals surface area (Å²) in [6.07, 6.45) is 4.50. The molecule has 0 aliphatic rings. The average molecular weight is 198 g/mol. The third-order valence-corrected chi connectivity index (χ3v) is 2.13. The van der Waals surface area contributed by atoms with Gasteiger partial charge in [0.1, 0.15) is 5.82 Å². The monoisotopic (exact) mass is 198 g/mol. The molecule has 0 aliphatic heterocycles. The molecule has 1 atom stereocenters. The lowest BCUT2D eigenvalue weighted by atomic mass is 10.2. The van der Waals surface area contributed by atoms with Crippen LogP contribution in [0.5, 0.6) is 0 Å². The van der Waals surface area contributed by atoms with Crippen molar-refractivity contribution in [3.8, 4) is 0 Å². The van der Waals surface area contributed by atoms with Crippen LogP contribution in [0.2, 0.25) is 0 Å². The van der Waals surface area contributed by atoms with Crippen molar-refractivity contribution >= 4 is 0 Å². The maximum Gasteiger partial charge on any atom is 0.127 e. The molecule has 0 bridgehead atoms. The molecule has 14 heavy (non-hydrogen) atoms. The van der Waals surface area contributed by atoms with E-state index in [1.807, 2.05) is 24.7 Å². The molecule has 0 spiro atoms. The van der Waals surface area contributed by atoms with Gasteiger partial charge < -0.3 is 9.30 Å². The van der Waals surface area contributed by atoms with Crippen LogP contribution in [0.25, 0.3) is 0 Å². The number of nitrogens with zero attached hydrogens (tertiary/aromatic N) is 2. The van der Waals surface area contributed by atoms with Crippen LogP contribution in [-0.4, -0.2) is 22.8 Å². The highest BCUT2D eigenvalue weighted by Gasteiger charge is 2.13. The van der Waals surface area contributed by atoms with Gasteiger partial charge in [-0.1, -0.05) is 0 Å². The first kappa shape index (κ1) is 11.2. The van der Waals surface area contributed by atoms with E-state index in [0.29, 0.717) is 6.61 Å². The molecule has 3 N–H and O–H groups in total. The molecule has 0 radical (unpaired) electrons. The summed E-state index contributed by atoms with van der Waals surface area (Å²) in [6.45, 7) is 3.40. The van der Waals surface area contributed by atoms with Crippen molar-refractivity contribution in [2.75, 3.05) is 13.2 Å². The predicted octanol–water partition coefficient (Wildman–Crippen LogP) is 0.351. The molecule has 0 saturated heterocycles. The van der Waals surface area contributed by atoms with E-state index in [0.717, 1.165) is 18.9 Å². The first-order chi connectivity index (χ1) is 6.79. The average Bonchev–Trinajstić information content (AvgIpc) is 2.60. The summed E-state index contributed by atoms with van der Waals surface area (Å²) >= 11 is 0. The van der Waals surface area contributed by atoms with E-state index >= 15 is 0 Å². The van der Waals surface area contributed by atoms with Crippen molar-refractivity contribution in [1.82, 2.24) is 15.0 Å². The number of nitrogens with one attached hydrogen (secondary N) is 1. The molecule has 1 rings (SSSR count). The van der Waals surface area contributed by atoms with Gasteiger partial charge in [-0.3, -0.25) is 5.84 Å². The zero-order valence-corrected chi connectivity index (χ0v) is 8.73. The zero-order chi connectivity index (χ0) is 10.4. The summed E-state index contributed by atoms with van der Waals surface area (Å²) in [5.74, 6) is 6.39. The van der Waals surface area contributed by atoms with Gasteiger partial charge in [0.15, 0.2) is 0 Å². The van der Waals surface area contributed by atoms with E-state index in [4.69, 9.17) is 10.6 Å². The smallest absolute Gasteiger partial charge is 0.127 e. The van der Waals surface area contributed by atoms with Gasteiger partial charge >= 0.3 is 0 Å². The van der Waals surface area contributed by atoms with Gasteiger partial charge in [0, 0.05) is 32.7 Å². The van der Waals surface area contributed by atoms with E-state index in [9.17, 15) is 0 Å². The van der Waals surface area contributed by atoms with Crippen LogP contribution in [0.1, 0.15) is 25.2 Å². The van der Waals surface area contributed by atoms with Crippen LogP contribution < -0.4 is 11.3 Å². The summed E-state index contributed by atoms with van der Waals surface area (Å²) in [7, 11) is 1.95. The lowest BCUT2D eigenvalue weighted by Crippen LogP contribution is -2.30. The molecule has 1 aromatic heterocycles. The van der Waals surface area contributed by atoms with Crippen LogP contribution in [0, 0.1) is 0 Å². The molecule has 5 heteroatoms. The third-order valence-electron chi connectivity index (χ3n) is 2.13. The predicted molar refractivity (Wildman–Crippen MR) is 54.4 cm³/mol. The minimum Gasteiger partial charge on any atom is -0.382 e. The Kier molecular flexibility index (Phi) is 4.58. The van der Waals surface area contributed by atoms with Gasteiger partial charge in [0.25, 0.3) is 0 Å². The lowest BCUT2D eigenvalue weighted by Gasteiger charge is -2.15. The Balaban J connectivity index is 2.50. The summed E-state index contributed by atoms with van der Waals surface area (Å²) in [4.78, 5) is 4.23. The molecule has 0 saturated carbocycles. The fraction of sp³-hybridized carbons (Fsp3) is 0.667. The van der Waals surface area contributed by atoms with E-state index in [2.05, 4.69) is 10.4 Å². The quantitative estimate of drug-likeness (QED) is 0.393. The van der Waals surface area contributed by atoms with Gasteiger partial charge in [-0.25, -0.2) is 10.4 Å². The van der Waals surface area contributed by atoms with Gasteiger partial charge in [0.05, 0.1) is 6.04 Å². The van der Waals surface area contributed by atoms with Crippen molar-refractivity contribution < 1.29 is 4.74 Å². The Bertz CT molecular complexity index is 261. The fourth-order valence-electron chi connectivity index (χ4n) is 1.35. The number of aromatic nitrogens is 2. The molecule has 80 valence electrons. The maximum absolute atomic E-state index is 5.46. The second kappa shape index (κ2) is 5.74. The number of rotatable bonds is 6. The van der Waals surface area contributed by atoms with E-state index < -0.39 is 0 Å². The molecule has 1 unspecified atom stereocenters. The lowest BCUT2D eigenvalue weighted by molar-refractivity contribution is 0.135. The highest BCUT2D eigenvalue weighted by molar-refractivity contribution is 4.97. The Morgan fingerprint density at radius 2 is 2.50 bits per heavy atom.